The highest BCUT2D eigenvalue weighted by Crippen LogP contribution is 2.14. The molecule has 0 saturated heterocycles. The van der Waals surface area contributed by atoms with Crippen LogP contribution in [0.4, 0.5) is 4.39 Å². The molecule has 0 spiro atoms. The number of hydrogen-bond acceptors (Lipinski definition) is 3. The van der Waals surface area contributed by atoms with Gasteiger partial charge in [-0.15, -0.1) is 0 Å². The summed E-state index contributed by atoms with van der Waals surface area (Å²) < 4.78 is 38.2. The summed E-state index contributed by atoms with van der Waals surface area (Å²) >= 11 is 0. The Bertz CT molecular complexity index is 855. The van der Waals surface area contributed by atoms with E-state index in [4.69, 9.17) is 0 Å². The summed E-state index contributed by atoms with van der Waals surface area (Å²) in [6.07, 6.45) is 1.85. The first kappa shape index (κ1) is 20.9. The van der Waals surface area contributed by atoms with Crippen molar-refractivity contribution >= 4 is 15.8 Å². The number of aliphatic imine (C=N–C) groups is 1. The lowest BCUT2D eigenvalue weighted by Crippen LogP contribution is -2.43. The molecule has 0 fully saturated rings. The van der Waals surface area contributed by atoms with Crippen molar-refractivity contribution in [2.75, 3.05) is 19.3 Å². The Morgan fingerprint density at radius 1 is 1.11 bits per heavy atom. The SMILES string of the molecule is CN=C(NCCS(=O)(=O)c1ccccc1F)NC(C)CCc1ccccc1. The highest BCUT2D eigenvalue weighted by atomic mass is 32.2. The fourth-order valence-electron chi connectivity index (χ4n) is 2.64. The molecule has 27 heavy (non-hydrogen) atoms. The summed E-state index contributed by atoms with van der Waals surface area (Å²) in [7, 11) is -2.06. The van der Waals surface area contributed by atoms with Crippen LogP contribution in [0.15, 0.2) is 64.5 Å². The molecule has 0 amide bonds. The van der Waals surface area contributed by atoms with Gasteiger partial charge in [0.25, 0.3) is 0 Å². The summed E-state index contributed by atoms with van der Waals surface area (Å²) in [4.78, 5) is 3.85. The van der Waals surface area contributed by atoms with Gasteiger partial charge in [0.2, 0.25) is 0 Å². The Morgan fingerprint density at radius 2 is 1.78 bits per heavy atom. The van der Waals surface area contributed by atoms with E-state index in [-0.39, 0.29) is 23.2 Å². The monoisotopic (exact) mass is 391 g/mol. The van der Waals surface area contributed by atoms with Crippen LogP contribution in [0.3, 0.4) is 0 Å². The van der Waals surface area contributed by atoms with Crippen LogP contribution in [0, 0.1) is 5.82 Å². The van der Waals surface area contributed by atoms with Gasteiger partial charge in [-0.25, -0.2) is 12.8 Å². The van der Waals surface area contributed by atoms with Gasteiger partial charge in [0, 0.05) is 19.6 Å². The number of halogens is 1. The number of guanidine groups is 1. The zero-order chi connectivity index (χ0) is 19.7. The number of sulfone groups is 1. The molecule has 0 bridgehead atoms. The molecule has 2 aromatic rings. The molecule has 0 saturated carbocycles. The molecule has 0 radical (unpaired) electrons. The number of nitrogens with one attached hydrogen (secondary N) is 2. The van der Waals surface area contributed by atoms with Crippen molar-refractivity contribution in [1.82, 2.24) is 10.6 Å². The minimum absolute atomic E-state index is 0.141. The van der Waals surface area contributed by atoms with E-state index in [0.29, 0.717) is 5.96 Å². The smallest absolute Gasteiger partial charge is 0.191 e. The van der Waals surface area contributed by atoms with Crippen molar-refractivity contribution in [3.8, 4) is 0 Å². The predicted octanol–water partition coefficient (Wildman–Crippen LogP) is 2.79. The Kier molecular flexibility index (Phi) is 7.79. The van der Waals surface area contributed by atoms with Crippen LogP contribution >= 0.6 is 0 Å². The fourth-order valence-corrected chi connectivity index (χ4v) is 3.88. The second-order valence-corrected chi connectivity index (χ2v) is 8.40. The Balaban J connectivity index is 1.80. The third-order valence-electron chi connectivity index (χ3n) is 4.15. The molecule has 2 rings (SSSR count). The van der Waals surface area contributed by atoms with Gasteiger partial charge in [0.1, 0.15) is 10.7 Å². The van der Waals surface area contributed by atoms with Gasteiger partial charge >= 0.3 is 0 Å². The molecule has 1 atom stereocenters. The first-order valence-electron chi connectivity index (χ1n) is 8.91. The first-order chi connectivity index (χ1) is 12.9. The van der Waals surface area contributed by atoms with Gasteiger partial charge in [-0.2, -0.15) is 0 Å². The molecule has 2 N–H and O–H groups in total. The van der Waals surface area contributed by atoms with Crippen molar-refractivity contribution < 1.29 is 12.8 Å². The number of hydrogen-bond donors (Lipinski definition) is 2. The van der Waals surface area contributed by atoms with Crippen LogP contribution in [-0.4, -0.2) is 39.8 Å². The van der Waals surface area contributed by atoms with Crippen molar-refractivity contribution in [2.45, 2.75) is 30.7 Å². The highest BCUT2D eigenvalue weighted by Gasteiger charge is 2.18. The number of nitrogens with zero attached hydrogens (tertiary/aromatic N) is 1. The Hall–Kier alpha value is -2.41. The third kappa shape index (κ3) is 6.67. The zero-order valence-corrected chi connectivity index (χ0v) is 16.5. The second-order valence-electron chi connectivity index (χ2n) is 6.32. The molecule has 2 aromatic carbocycles. The van der Waals surface area contributed by atoms with E-state index < -0.39 is 15.7 Å². The number of aryl methyl sites for hydroxylation is 1. The van der Waals surface area contributed by atoms with Crippen LogP contribution < -0.4 is 10.6 Å². The summed E-state index contributed by atoms with van der Waals surface area (Å²) in [5.74, 6) is -0.415. The normalized spacial score (nSPS) is 13.2. The number of benzene rings is 2. The van der Waals surface area contributed by atoms with E-state index in [1.165, 1.54) is 23.8 Å². The molecule has 0 aliphatic heterocycles. The van der Waals surface area contributed by atoms with E-state index in [1.54, 1.807) is 7.05 Å². The predicted molar refractivity (Wildman–Crippen MR) is 107 cm³/mol. The molecular formula is C20H26FN3O2S. The summed E-state index contributed by atoms with van der Waals surface area (Å²) in [5, 5.41) is 6.23. The average molecular weight is 392 g/mol. The van der Waals surface area contributed by atoms with E-state index in [9.17, 15) is 12.8 Å². The van der Waals surface area contributed by atoms with Crippen molar-refractivity contribution in [3.63, 3.8) is 0 Å². The molecular weight excluding hydrogens is 365 g/mol. The second kappa shape index (κ2) is 10.1. The average Bonchev–Trinajstić information content (AvgIpc) is 2.66. The molecule has 0 aliphatic carbocycles. The van der Waals surface area contributed by atoms with E-state index in [0.717, 1.165) is 18.9 Å². The molecule has 5 nitrogen and oxygen atoms in total. The number of rotatable bonds is 8. The van der Waals surface area contributed by atoms with Crippen molar-refractivity contribution in [2.24, 2.45) is 4.99 Å². The maximum Gasteiger partial charge on any atom is 0.191 e. The minimum atomic E-state index is -3.69. The lowest BCUT2D eigenvalue weighted by molar-refractivity contribution is 0.565. The Labute approximate surface area is 160 Å². The summed E-state index contributed by atoms with van der Waals surface area (Å²) in [6.45, 7) is 2.19. The van der Waals surface area contributed by atoms with E-state index in [2.05, 4.69) is 27.8 Å². The molecule has 0 heterocycles. The van der Waals surface area contributed by atoms with Gasteiger partial charge in [-0.1, -0.05) is 42.5 Å². The highest BCUT2D eigenvalue weighted by molar-refractivity contribution is 7.91. The minimum Gasteiger partial charge on any atom is -0.355 e. The van der Waals surface area contributed by atoms with Crippen LogP contribution in [-0.2, 0) is 16.3 Å². The molecule has 1 unspecified atom stereocenters. The zero-order valence-electron chi connectivity index (χ0n) is 15.7. The van der Waals surface area contributed by atoms with Crippen LogP contribution in [0.25, 0.3) is 0 Å². The standard InChI is InChI=1S/C20H26FN3O2S/c1-16(12-13-17-8-4-3-5-9-17)24-20(22-2)23-14-15-27(25,26)19-11-7-6-10-18(19)21/h3-11,16H,12-15H2,1-2H3,(H2,22,23,24). The molecule has 7 heteroatoms. The fraction of sp³-hybridized carbons (Fsp3) is 0.350. The lowest BCUT2D eigenvalue weighted by Gasteiger charge is -2.18. The van der Waals surface area contributed by atoms with Crippen LogP contribution in [0.1, 0.15) is 18.9 Å². The van der Waals surface area contributed by atoms with Crippen molar-refractivity contribution in [3.05, 3.63) is 66.0 Å². The quantitative estimate of drug-likeness (QED) is 0.536. The van der Waals surface area contributed by atoms with Gasteiger partial charge in [-0.3, -0.25) is 4.99 Å². The van der Waals surface area contributed by atoms with Gasteiger partial charge in [0.15, 0.2) is 15.8 Å². The van der Waals surface area contributed by atoms with Crippen LogP contribution in [0.5, 0.6) is 0 Å². The molecule has 0 aromatic heterocycles. The molecule has 146 valence electrons. The van der Waals surface area contributed by atoms with E-state index >= 15 is 0 Å². The lowest BCUT2D eigenvalue weighted by atomic mass is 10.1. The van der Waals surface area contributed by atoms with Crippen molar-refractivity contribution in [1.29, 1.82) is 0 Å². The van der Waals surface area contributed by atoms with Crippen LogP contribution in [0.2, 0.25) is 0 Å². The van der Waals surface area contributed by atoms with Gasteiger partial charge in [0.05, 0.1) is 5.75 Å². The summed E-state index contributed by atoms with van der Waals surface area (Å²) in [5.41, 5.74) is 1.27. The maximum atomic E-state index is 13.7. The van der Waals surface area contributed by atoms with Gasteiger partial charge in [-0.05, 0) is 37.5 Å². The molecule has 0 aliphatic rings. The van der Waals surface area contributed by atoms with E-state index in [1.807, 2.05) is 25.1 Å². The van der Waals surface area contributed by atoms with Gasteiger partial charge < -0.3 is 10.6 Å². The topological polar surface area (TPSA) is 70.6 Å². The third-order valence-corrected chi connectivity index (χ3v) is 5.89. The maximum absolute atomic E-state index is 13.7. The largest absolute Gasteiger partial charge is 0.355 e. The summed E-state index contributed by atoms with van der Waals surface area (Å²) in [6, 6.07) is 15.8. The first-order valence-corrected chi connectivity index (χ1v) is 10.6. The Morgan fingerprint density at radius 3 is 2.44 bits per heavy atom.